The number of nitrogens with zero attached hydrogens (tertiary/aromatic N) is 1. The number of carbonyl (C=O) groups is 1. The molecule has 0 heterocycles. The van der Waals surface area contributed by atoms with Gasteiger partial charge in [0.25, 0.3) is 0 Å². The van der Waals surface area contributed by atoms with Gasteiger partial charge in [0.2, 0.25) is 6.41 Å². The van der Waals surface area contributed by atoms with E-state index in [0.717, 1.165) is 0 Å². The minimum Gasteiger partial charge on any atom is -0.355 e. The number of nitrogens with one attached hydrogen (secondary N) is 1. The average molecular weight is 135 g/mol. The van der Waals surface area contributed by atoms with Gasteiger partial charge in [0, 0.05) is 0 Å². The lowest BCUT2D eigenvalue weighted by Crippen LogP contribution is -2.19. The van der Waals surface area contributed by atoms with E-state index in [2.05, 4.69) is 10.2 Å². The number of carbonyl (C=O) groups excluding carboxylic acids is 1. The lowest BCUT2D eigenvalue weighted by Gasteiger charge is -1.88. The van der Waals surface area contributed by atoms with Crippen molar-refractivity contribution in [3.63, 3.8) is 0 Å². The van der Waals surface area contributed by atoms with E-state index in [1.165, 1.54) is 0 Å². The van der Waals surface area contributed by atoms with Gasteiger partial charge in [-0.05, 0) is 0 Å². The van der Waals surface area contributed by atoms with Gasteiger partial charge in [0.1, 0.15) is 4.91 Å². The summed E-state index contributed by atoms with van der Waals surface area (Å²) in [6, 6.07) is 0. The van der Waals surface area contributed by atoms with E-state index in [1.807, 2.05) is 0 Å². The Balaban J connectivity index is 2.91. The van der Waals surface area contributed by atoms with E-state index in [0.29, 0.717) is 6.41 Å². The SMILES string of the molecule is O=CNCCO[N+](=O)O. The molecule has 6 nitrogen and oxygen atoms in total. The lowest BCUT2D eigenvalue weighted by atomic mass is 10.7. The fourth-order valence-corrected chi connectivity index (χ4v) is 0.242. The van der Waals surface area contributed by atoms with E-state index < -0.39 is 5.09 Å². The van der Waals surface area contributed by atoms with Crippen LogP contribution in [0.3, 0.4) is 0 Å². The Morgan fingerprint density at radius 2 is 2.44 bits per heavy atom. The van der Waals surface area contributed by atoms with Crippen molar-refractivity contribution in [1.29, 1.82) is 0 Å². The molecule has 0 aromatic heterocycles. The second-order valence-corrected chi connectivity index (χ2v) is 1.14. The molecule has 0 radical (unpaired) electrons. The summed E-state index contributed by atoms with van der Waals surface area (Å²) in [5.41, 5.74) is 0. The molecule has 52 valence electrons. The maximum Gasteiger partial charge on any atom is 0.475 e. The molecule has 0 rings (SSSR count). The molecule has 0 saturated carbocycles. The lowest BCUT2D eigenvalue weighted by molar-refractivity contribution is -0.975. The second-order valence-electron chi connectivity index (χ2n) is 1.14. The Hall–Kier alpha value is -1.33. The van der Waals surface area contributed by atoms with Crippen LogP contribution in [-0.4, -0.2) is 29.9 Å². The second kappa shape index (κ2) is 4.82. The predicted molar refractivity (Wildman–Crippen MR) is 25.4 cm³/mol. The predicted octanol–water partition coefficient (Wildman–Crippen LogP) is -1.17. The number of hydrogen-bond acceptors (Lipinski definition) is 3. The van der Waals surface area contributed by atoms with E-state index in [1.54, 1.807) is 0 Å². The minimum atomic E-state index is -0.660. The molecule has 0 aromatic carbocycles. The first kappa shape index (κ1) is 7.67. The number of amides is 1. The van der Waals surface area contributed by atoms with Crippen LogP contribution in [0.4, 0.5) is 0 Å². The van der Waals surface area contributed by atoms with Crippen molar-refractivity contribution in [3.8, 4) is 0 Å². The van der Waals surface area contributed by atoms with Crippen LogP contribution >= 0.6 is 0 Å². The quantitative estimate of drug-likeness (QED) is 0.283. The summed E-state index contributed by atoms with van der Waals surface area (Å²) in [5, 5.41) is 9.35. The van der Waals surface area contributed by atoms with E-state index in [-0.39, 0.29) is 13.2 Å². The summed E-state index contributed by atoms with van der Waals surface area (Å²) in [7, 11) is 0. The van der Waals surface area contributed by atoms with E-state index in [9.17, 15) is 9.70 Å². The zero-order chi connectivity index (χ0) is 7.11. The van der Waals surface area contributed by atoms with Gasteiger partial charge in [-0.15, -0.1) is 0 Å². The molecule has 0 aliphatic heterocycles. The first-order chi connectivity index (χ1) is 4.27. The third-order valence-electron chi connectivity index (χ3n) is 0.531. The van der Waals surface area contributed by atoms with Gasteiger partial charge < -0.3 is 5.32 Å². The van der Waals surface area contributed by atoms with Crippen molar-refractivity contribution in [2.24, 2.45) is 0 Å². The molecule has 0 unspecified atom stereocenters. The molecule has 0 aliphatic rings. The van der Waals surface area contributed by atoms with Crippen LogP contribution in [0, 0.1) is 4.91 Å². The zero-order valence-electron chi connectivity index (χ0n) is 4.61. The fraction of sp³-hybridized carbons (Fsp3) is 0.667. The molecule has 0 aromatic rings. The molecule has 9 heavy (non-hydrogen) atoms. The molecular weight excluding hydrogens is 128 g/mol. The fourth-order valence-electron chi connectivity index (χ4n) is 0.242. The molecule has 0 bridgehead atoms. The Bertz CT molecular complexity index is 104. The summed E-state index contributed by atoms with van der Waals surface area (Å²) < 4.78 is 0. The maximum absolute atomic E-state index is 9.54. The Morgan fingerprint density at radius 1 is 1.78 bits per heavy atom. The van der Waals surface area contributed by atoms with Crippen LogP contribution < -0.4 is 5.32 Å². The third kappa shape index (κ3) is 6.67. The molecule has 0 atom stereocenters. The molecule has 6 heteroatoms. The van der Waals surface area contributed by atoms with Crippen molar-refractivity contribution in [3.05, 3.63) is 4.91 Å². The van der Waals surface area contributed by atoms with Gasteiger partial charge in [0.05, 0.1) is 6.54 Å². The summed E-state index contributed by atoms with van der Waals surface area (Å²) in [4.78, 5) is 23.0. The Kier molecular flexibility index (Phi) is 4.11. The molecule has 0 aliphatic carbocycles. The summed E-state index contributed by atoms with van der Waals surface area (Å²) in [6.07, 6.45) is 0.468. The van der Waals surface area contributed by atoms with Gasteiger partial charge in [-0.1, -0.05) is 0 Å². The molecule has 1 amide bonds. The normalized spacial score (nSPS) is 8.00. The molecule has 0 fully saturated rings. The first-order valence-electron chi connectivity index (χ1n) is 2.23. The van der Waals surface area contributed by atoms with Crippen molar-refractivity contribution < 1.29 is 19.9 Å². The van der Waals surface area contributed by atoms with E-state index >= 15 is 0 Å². The van der Waals surface area contributed by atoms with Gasteiger partial charge >= 0.3 is 5.09 Å². The smallest absolute Gasteiger partial charge is 0.355 e. The number of rotatable bonds is 5. The Labute approximate surface area is 50.9 Å². The highest BCUT2D eigenvalue weighted by Crippen LogP contribution is 1.67. The monoisotopic (exact) mass is 135 g/mol. The molecular formula is C3H7N2O4+. The highest BCUT2D eigenvalue weighted by Gasteiger charge is 2.00. The van der Waals surface area contributed by atoms with Crippen molar-refractivity contribution in [2.45, 2.75) is 0 Å². The number of hydrogen-bond donors (Lipinski definition) is 2. The average Bonchev–Trinajstić information content (AvgIpc) is 1.80. The van der Waals surface area contributed by atoms with Gasteiger partial charge in [0.15, 0.2) is 6.61 Å². The third-order valence-corrected chi connectivity index (χ3v) is 0.531. The van der Waals surface area contributed by atoms with Crippen molar-refractivity contribution in [1.82, 2.24) is 5.32 Å². The highest BCUT2D eigenvalue weighted by atomic mass is 16.9. The summed E-state index contributed by atoms with van der Waals surface area (Å²) in [6.45, 7) is 0.154. The van der Waals surface area contributed by atoms with Crippen LogP contribution in [0.2, 0.25) is 0 Å². The summed E-state index contributed by atoms with van der Waals surface area (Å²) >= 11 is 0. The summed E-state index contributed by atoms with van der Waals surface area (Å²) in [5.74, 6) is 0. The molecule has 2 N–H and O–H groups in total. The van der Waals surface area contributed by atoms with Crippen LogP contribution in [0.1, 0.15) is 0 Å². The molecule has 0 saturated heterocycles. The zero-order valence-corrected chi connectivity index (χ0v) is 4.61. The van der Waals surface area contributed by atoms with Crippen molar-refractivity contribution >= 4 is 6.41 Å². The molecule has 0 spiro atoms. The highest BCUT2D eigenvalue weighted by molar-refractivity contribution is 5.45. The standard InChI is InChI=1S/C3H6N2O4/c6-3-4-1-2-9-5(7)8/h3H,1-2H2,(H-,4,6,7,8)/p+1. The van der Waals surface area contributed by atoms with Crippen LogP contribution in [-0.2, 0) is 9.63 Å². The van der Waals surface area contributed by atoms with Gasteiger partial charge in [-0.2, -0.15) is 4.84 Å². The van der Waals surface area contributed by atoms with Crippen LogP contribution in [0.25, 0.3) is 0 Å². The van der Waals surface area contributed by atoms with Crippen molar-refractivity contribution in [2.75, 3.05) is 13.2 Å². The maximum atomic E-state index is 9.54. The Morgan fingerprint density at radius 3 is 2.89 bits per heavy atom. The van der Waals surface area contributed by atoms with Gasteiger partial charge in [-0.3, -0.25) is 4.79 Å². The van der Waals surface area contributed by atoms with Crippen LogP contribution in [0.15, 0.2) is 0 Å². The van der Waals surface area contributed by atoms with Crippen LogP contribution in [0.5, 0.6) is 0 Å². The topological polar surface area (TPSA) is 78.6 Å². The minimum absolute atomic E-state index is 0.0429. The largest absolute Gasteiger partial charge is 0.475 e. The van der Waals surface area contributed by atoms with E-state index in [4.69, 9.17) is 5.21 Å². The first-order valence-corrected chi connectivity index (χ1v) is 2.23. The van der Waals surface area contributed by atoms with Gasteiger partial charge in [-0.25, -0.2) is 5.21 Å².